The van der Waals surface area contributed by atoms with Crippen molar-refractivity contribution in [3.63, 3.8) is 0 Å². The number of hydrogen-bond acceptors (Lipinski definition) is 3. The molecule has 5 heteroatoms. The molecule has 1 heterocycles. The second kappa shape index (κ2) is 9.70. The van der Waals surface area contributed by atoms with Crippen LogP contribution >= 0.6 is 0 Å². The maximum absolute atomic E-state index is 13.0. The van der Waals surface area contributed by atoms with E-state index in [1.807, 2.05) is 62.1 Å². The van der Waals surface area contributed by atoms with Crippen LogP contribution in [0, 0.1) is 6.92 Å². The van der Waals surface area contributed by atoms with Gasteiger partial charge in [-0.05, 0) is 75.9 Å². The van der Waals surface area contributed by atoms with Crippen LogP contribution in [0.15, 0.2) is 42.5 Å². The van der Waals surface area contributed by atoms with E-state index in [4.69, 9.17) is 4.74 Å². The van der Waals surface area contributed by atoms with Gasteiger partial charge in [-0.1, -0.05) is 17.7 Å². The van der Waals surface area contributed by atoms with Crippen molar-refractivity contribution in [3.8, 4) is 0 Å². The predicted octanol–water partition coefficient (Wildman–Crippen LogP) is 4.13. The highest BCUT2D eigenvalue weighted by atomic mass is 16.5. The number of carbonyl (C=O) groups is 2. The van der Waals surface area contributed by atoms with Gasteiger partial charge in [0.05, 0.1) is 6.10 Å². The van der Waals surface area contributed by atoms with Crippen molar-refractivity contribution < 1.29 is 14.3 Å². The molecule has 2 aromatic carbocycles. The minimum absolute atomic E-state index is 0.0111. The van der Waals surface area contributed by atoms with Gasteiger partial charge in [-0.25, -0.2) is 0 Å². The number of benzene rings is 2. The Kier molecular flexibility index (Phi) is 7.04. The fourth-order valence-corrected chi connectivity index (χ4v) is 3.58. The van der Waals surface area contributed by atoms with Gasteiger partial charge in [-0.2, -0.15) is 0 Å². The molecule has 0 radical (unpaired) electrons. The van der Waals surface area contributed by atoms with Gasteiger partial charge < -0.3 is 15.0 Å². The Morgan fingerprint density at radius 1 is 1.14 bits per heavy atom. The van der Waals surface area contributed by atoms with Gasteiger partial charge in [-0.15, -0.1) is 0 Å². The summed E-state index contributed by atoms with van der Waals surface area (Å²) in [4.78, 5) is 27.3. The van der Waals surface area contributed by atoms with E-state index in [1.165, 1.54) is 0 Å². The van der Waals surface area contributed by atoms with Crippen LogP contribution in [0.3, 0.4) is 0 Å². The van der Waals surface area contributed by atoms with E-state index < -0.39 is 0 Å². The molecule has 0 atom stereocenters. The number of nitrogens with zero attached hydrogens (tertiary/aromatic N) is 1. The summed E-state index contributed by atoms with van der Waals surface area (Å²) < 4.78 is 5.49. The molecule has 1 N–H and O–H groups in total. The average Bonchev–Trinajstić information content (AvgIpc) is 2.71. The standard InChI is InChI=1S/C24H30N2O3/c1-17(2)29-14-6-12-25-23(27)20-10-11-22-19(16-20)9-5-13-26(22)24(28)21-8-4-7-18(3)15-21/h4,7-8,10-11,15-17H,5-6,9,12-14H2,1-3H3,(H,25,27). The lowest BCUT2D eigenvalue weighted by Gasteiger charge is -2.30. The molecule has 5 nitrogen and oxygen atoms in total. The molecular weight excluding hydrogens is 364 g/mol. The van der Waals surface area contributed by atoms with Crippen molar-refractivity contribution in [1.82, 2.24) is 5.32 Å². The van der Waals surface area contributed by atoms with Gasteiger partial charge in [-0.3, -0.25) is 9.59 Å². The number of fused-ring (bicyclic) bond motifs is 1. The number of ether oxygens (including phenoxy) is 1. The third-order valence-corrected chi connectivity index (χ3v) is 5.03. The van der Waals surface area contributed by atoms with E-state index in [-0.39, 0.29) is 17.9 Å². The van der Waals surface area contributed by atoms with Gasteiger partial charge >= 0.3 is 0 Å². The van der Waals surface area contributed by atoms with Crippen molar-refractivity contribution in [1.29, 1.82) is 0 Å². The second-order valence-electron chi connectivity index (χ2n) is 7.80. The number of amides is 2. The molecular formula is C24H30N2O3. The molecule has 0 spiro atoms. The molecule has 2 amide bonds. The van der Waals surface area contributed by atoms with E-state index in [0.717, 1.165) is 36.1 Å². The first-order chi connectivity index (χ1) is 14.0. The van der Waals surface area contributed by atoms with Crippen LogP contribution < -0.4 is 10.2 Å². The van der Waals surface area contributed by atoms with Crippen LogP contribution in [0.2, 0.25) is 0 Å². The summed E-state index contributed by atoms with van der Waals surface area (Å²) in [5.74, 6) is -0.0727. The Labute approximate surface area is 173 Å². The highest BCUT2D eigenvalue weighted by Gasteiger charge is 2.24. The van der Waals surface area contributed by atoms with Gasteiger partial charge in [0.1, 0.15) is 0 Å². The fraction of sp³-hybridized carbons (Fsp3) is 0.417. The number of nitrogens with one attached hydrogen (secondary N) is 1. The molecule has 0 saturated carbocycles. The summed E-state index contributed by atoms with van der Waals surface area (Å²) in [5.41, 5.74) is 4.36. The van der Waals surface area contributed by atoms with Crippen molar-refractivity contribution in [3.05, 3.63) is 64.7 Å². The Bertz CT molecular complexity index is 876. The Morgan fingerprint density at radius 3 is 2.72 bits per heavy atom. The van der Waals surface area contributed by atoms with Crippen LogP contribution in [-0.2, 0) is 11.2 Å². The van der Waals surface area contributed by atoms with E-state index in [2.05, 4.69) is 5.32 Å². The molecule has 1 aliphatic rings. The van der Waals surface area contributed by atoms with E-state index in [1.54, 1.807) is 6.07 Å². The van der Waals surface area contributed by atoms with Gasteiger partial charge in [0, 0.05) is 36.5 Å². The topological polar surface area (TPSA) is 58.6 Å². The summed E-state index contributed by atoms with van der Waals surface area (Å²) in [6.45, 7) is 7.90. The molecule has 29 heavy (non-hydrogen) atoms. The lowest BCUT2D eigenvalue weighted by molar-refractivity contribution is 0.0757. The minimum atomic E-state index is -0.0838. The van der Waals surface area contributed by atoms with Crippen molar-refractivity contribution in [2.45, 2.75) is 46.1 Å². The van der Waals surface area contributed by atoms with Crippen LogP contribution in [0.25, 0.3) is 0 Å². The summed E-state index contributed by atoms with van der Waals surface area (Å²) in [5, 5.41) is 2.95. The van der Waals surface area contributed by atoms with Crippen molar-refractivity contribution in [2.24, 2.45) is 0 Å². The number of aryl methyl sites for hydroxylation is 2. The zero-order valence-electron chi connectivity index (χ0n) is 17.5. The van der Waals surface area contributed by atoms with E-state index >= 15 is 0 Å². The number of rotatable bonds is 7. The summed E-state index contributed by atoms with van der Waals surface area (Å²) in [7, 11) is 0. The number of anilines is 1. The first-order valence-electron chi connectivity index (χ1n) is 10.4. The second-order valence-corrected chi connectivity index (χ2v) is 7.80. The SMILES string of the molecule is Cc1cccc(C(=O)N2CCCc3cc(C(=O)NCCCOC(C)C)ccc32)c1. The van der Waals surface area contributed by atoms with Gasteiger partial charge in [0.15, 0.2) is 0 Å². The van der Waals surface area contributed by atoms with Crippen molar-refractivity contribution in [2.75, 3.05) is 24.6 Å². The summed E-state index contributed by atoms with van der Waals surface area (Å²) in [6, 6.07) is 13.3. The predicted molar refractivity (Wildman–Crippen MR) is 116 cm³/mol. The molecule has 1 aliphatic heterocycles. The lowest BCUT2D eigenvalue weighted by atomic mass is 9.98. The third kappa shape index (κ3) is 5.45. The van der Waals surface area contributed by atoms with E-state index in [0.29, 0.717) is 30.8 Å². The minimum Gasteiger partial charge on any atom is -0.379 e. The quantitative estimate of drug-likeness (QED) is 0.718. The molecule has 0 bridgehead atoms. The maximum Gasteiger partial charge on any atom is 0.258 e. The normalized spacial score (nSPS) is 13.3. The fourth-order valence-electron chi connectivity index (χ4n) is 3.58. The third-order valence-electron chi connectivity index (χ3n) is 5.03. The smallest absolute Gasteiger partial charge is 0.258 e. The summed E-state index contributed by atoms with van der Waals surface area (Å²) >= 11 is 0. The van der Waals surface area contributed by atoms with E-state index in [9.17, 15) is 9.59 Å². The molecule has 0 saturated heterocycles. The highest BCUT2D eigenvalue weighted by molar-refractivity contribution is 6.07. The first kappa shape index (κ1) is 21.1. The Hall–Kier alpha value is -2.66. The number of carbonyl (C=O) groups excluding carboxylic acids is 2. The Morgan fingerprint density at radius 2 is 1.97 bits per heavy atom. The maximum atomic E-state index is 13.0. The lowest BCUT2D eigenvalue weighted by Crippen LogP contribution is -2.35. The average molecular weight is 395 g/mol. The van der Waals surface area contributed by atoms with Crippen LogP contribution in [0.1, 0.15) is 58.5 Å². The molecule has 0 aliphatic carbocycles. The summed E-state index contributed by atoms with van der Waals surface area (Å²) in [6.07, 6.45) is 2.75. The first-order valence-corrected chi connectivity index (χ1v) is 10.4. The van der Waals surface area contributed by atoms with Crippen LogP contribution in [-0.4, -0.2) is 37.6 Å². The molecule has 0 unspecified atom stereocenters. The Balaban J connectivity index is 1.67. The largest absolute Gasteiger partial charge is 0.379 e. The zero-order chi connectivity index (χ0) is 20.8. The molecule has 0 fully saturated rings. The van der Waals surface area contributed by atoms with Gasteiger partial charge in [0.25, 0.3) is 11.8 Å². The van der Waals surface area contributed by atoms with Gasteiger partial charge in [0.2, 0.25) is 0 Å². The number of hydrogen-bond donors (Lipinski definition) is 1. The molecule has 3 rings (SSSR count). The highest BCUT2D eigenvalue weighted by Crippen LogP contribution is 2.29. The zero-order valence-corrected chi connectivity index (χ0v) is 17.5. The van der Waals surface area contributed by atoms with Crippen molar-refractivity contribution >= 4 is 17.5 Å². The monoisotopic (exact) mass is 394 g/mol. The molecule has 2 aromatic rings. The van der Waals surface area contributed by atoms with Crippen LogP contribution in [0.5, 0.6) is 0 Å². The van der Waals surface area contributed by atoms with Crippen LogP contribution in [0.4, 0.5) is 5.69 Å². The molecule has 154 valence electrons. The molecule has 0 aromatic heterocycles.